The van der Waals surface area contributed by atoms with Gasteiger partial charge in [-0.25, -0.2) is 0 Å². The minimum absolute atomic E-state index is 0.0734. The first-order valence-electron chi connectivity index (χ1n) is 27.5. The van der Waals surface area contributed by atoms with Crippen LogP contribution in [0.3, 0.4) is 0 Å². The van der Waals surface area contributed by atoms with E-state index in [1.807, 2.05) is 0 Å². The van der Waals surface area contributed by atoms with Crippen LogP contribution in [0.5, 0.6) is 0 Å². The third-order valence-corrected chi connectivity index (χ3v) is 12.1. The average Bonchev–Trinajstić information content (AvgIpc) is 3.28. The summed E-state index contributed by atoms with van der Waals surface area (Å²) in [6.45, 7) is 6.61. The van der Waals surface area contributed by atoms with E-state index in [0.717, 1.165) is 64.2 Å². The topological polar surface area (TPSA) is 78.9 Å². The molecule has 0 aliphatic rings. The fraction of sp³-hybridized carbons (Fsp3) is 0.842. The summed E-state index contributed by atoms with van der Waals surface area (Å²) in [5, 5.41) is 0. The Bertz CT molecular complexity index is 1060. The van der Waals surface area contributed by atoms with E-state index < -0.39 is 6.10 Å². The van der Waals surface area contributed by atoms with Crippen molar-refractivity contribution in [1.29, 1.82) is 0 Å². The molecule has 0 fully saturated rings. The van der Waals surface area contributed by atoms with Crippen LogP contribution >= 0.6 is 0 Å². The smallest absolute Gasteiger partial charge is 0.306 e. The van der Waals surface area contributed by atoms with Crippen molar-refractivity contribution >= 4 is 17.9 Å². The zero-order valence-electron chi connectivity index (χ0n) is 42.1. The molecule has 6 heteroatoms. The SMILES string of the molecule is CCCCC/C=C\C=C/CCCCCCCCCCCCC(=O)OCC(COC(=O)CCCCCCCCCCCC)OC(=O)CCCCCCC/C=C\CCCCCCCCC. The van der Waals surface area contributed by atoms with E-state index in [1.165, 1.54) is 186 Å². The summed E-state index contributed by atoms with van der Waals surface area (Å²) in [5.41, 5.74) is 0. The normalized spacial score (nSPS) is 12.2. The molecule has 63 heavy (non-hydrogen) atoms. The molecule has 0 heterocycles. The molecule has 1 atom stereocenters. The Hall–Kier alpha value is -2.37. The van der Waals surface area contributed by atoms with E-state index in [1.54, 1.807) is 0 Å². The summed E-state index contributed by atoms with van der Waals surface area (Å²) in [7, 11) is 0. The number of hydrogen-bond acceptors (Lipinski definition) is 6. The predicted molar refractivity (Wildman–Crippen MR) is 270 cm³/mol. The van der Waals surface area contributed by atoms with Gasteiger partial charge in [-0.15, -0.1) is 0 Å². The van der Waals surface area contributed by atoms with Crippen molar-refractivity contribution in [2.45, 2.75) is 297 Å². The molecule has 0 radical (unpaired) electrons. The largest absolute Gasteiger partial charge is 0.462 e. The third kappa shape index (κ3) is 50.5. The van der Waals surface area contributed by atoms with E-state index in [9.17, 15) is 14.4 Å². The van der Waals surface area contributed by atoms with Gasteiger partial charge in [-0.2, -0.15) is 0 Å². The number of unbranched alkanes of at least 4 members (excludes halogenated alkanes) is 34. The summed E-state index contributed by atoms with van der Waals surface area (Å²) in [4.78, 5) is 38.0. The van der Waals surface area contributed by atoms with Crippen LogP contribution in [0.2, 0.25) is 0 Å². The average molecular weight is 885 g/mol. The summed E-state index contributed by atoms with van der Waals surface area (Å²) >= 11 is 0. The molecule has 0 aliphatic carbocycles. The quantitative estimate of drug-likeness (QED) is 0.0199. The van der Waals surface area contributed by atoms with Gasteiger partial charge in [-0.1, -0.05) is 237 Å². The lowest BCUT2D eigenvalue weighted by Crippen LogP contribution is -2.30. The second-order valence-corrected chi connectivity index (χ2v) is 18.5. The van der Waals surface area contributed by atoms with E-state index in [-0.39, 0.29) is 31.1 Å². The van der Waals surface area contributed by atoms with Gasteiger partial charge in [0.25, 0.3) is 0 Å². The molecule has 6 nitrogen and oxygen atoms in total. The lowest BCUT2D eigenvalue weighted by molar-refractivity contribution is -0.167. The highest BCUT2D eigenvalue weighted by atomic mass is 16.6. The fourth-order valence-electron chi connectivity index (χ4n) is 7.96. The van der Waals surface area contributed by atoms with Gasteiger partial charge in [0.15, 0.2) is 6.10 Å². The summed E-state index contributed by atoms with van der Waals surface area (Å²) in [6, 6.07) is 0. The Morgan fingerprint density at radius 3 is 0.921 bits per heavy atom. The highest BCUT2D eigenvalue weighted by Gasteiger charge is 2.19. The molecule has 0 bridgehead atoms. The maximum absolute atomic E-state index is 12.8. The zero-order chi connectivity index (χ0) is 45.8. The lowest BCUT2D eigenvalue weighted by Gasteiger charge is -2.18. The molecular weight excluding hydrogens is 781 g/mol. The van der Waals surface area contributed by atoms with Crippen LogP contribution in [0.25, 0.3) is 0 Å². The molecule has 1 unspecified atom stereocenters. The molecule has 0 aliphatic heterocycles. The van der Waals surface area contributed by atoms with E-state index in [2.05, 4.69) is 57.2 Å². The van der Waals surface area contributed by atoms with Crippen LogP contribution in [0.1, 0.15) is 290 Å². The molecular formula is C57H104O6. The van der Waals surface area contributed by atoms with Crippen LogP contribution in [0, 0.1) is 0 Å². The monoisotopic (exact) mass is 885 g/mol. The van der Waals surface area contributed by atoms with Crippen molar-refractivity contribution < 1.29 is 28.6 Å². The van der Waals surface area contributed by atoms with Crippen molar-refractivity contribution in [3.63, 3.8) is 0 Å². The zero-order valence-corrected chi connectivity index (χ0v) is 42.1. The van der Waals surface area contributed by atoms with Gasteiger partial charge in [-0.05, 0) is 70.6 Å². The second kappa shape index (κ2) is 52.3. The maximum atomic E-state index is 12.8. The predicted octanol–water partition coefficient (Wildman–Crippen LogP) is 18.1. The van der Waals surface area contributed by atoms with Crippen LogP contribution in [0.4, 0.5) is 0 Å². The molecule has 0 aromatic rings. The van der Waals surface area contributed by atoms with Gasteiger partial charge in [0.1, 0.15) is 13.2 Å². The second-order valence-electron chi connectivity index (χ2n) is 18.5. The maximum Gasteiger partial charge on any atom is 0.306 e. The minimum Gasteiger partial charge on any atom is -0.462 e. The van der Waals surface area contributed by atoms with E-state index >= 15 is 0 Å². The Labute approximate surface area is 391 Å². The van der Waals surface area contributed by atoms with Gasteiger partial charge in [0, 0.05) is 19.3 Å². The molecule has 368 valence electrons. The fourth-order valence-corrected chi connectivity index (χ4v) is 7.96. The molecule has 0 aromatic heterocycles. The molecule has 0 amide bonds. The van der Waals surface area contributed by atoms with Crippen LogP contribution in [0.15, 0.2) is 36.5 Å². The number of rotatable bonds is 50. The van der Waals surface area contributed by atoms with Crippen molar-refractivity contribution in [2.75, 3.05) is 13.2 Å². The van der Waals surface area contributed by atoms with Crippen molar-refractivity contribution in [3.8, 4) is 0 Å². The molecule has 0 spiro atoms. The van der Waals surface area contributed by atoms with Crippen molar-refractivity contribution in [2.24, 2.45) is 0 Å². The van der Waals surface area contributed by atoms with Crippen LogP contribution < -0.4 is 0 Å². The van der Waals surface area contributed by atoms with Gasteiger partial charge in [0.2, 0.25) is 0 Å². The first kappa shape index (κ1) is 60.6. The van der Waals surface area contributed by atoms with E-state index in [4.69, 9.17) is 14.2 Å². The highest BCUT2D eigenvalue weighted by Crippen LogP contribution is 2.16. The number of hydrogen-bond donors (Lipinski definition) is 0. The number of carbonyl (C=O) groups excluding carboxylic acids is 3. The molecule has 0 saturated carbocycles. The summed E-state index contributed by atoms with van der Waals surface area (Å²) in [6.07, 6.45) is 61.3. The number of esters is 3. The minimum atomic E-state index is -0.773. The molecule has 0 N–H and O–H groups in total. The van der Waals surface area contributed by atoms with Crippen LogP contribution in [-0.4, -0.2) is 37.2 Å². The Morgan fingerprint density at radius 2 is 0.571 bits per heavy atom. The van der Waals surface area contributed by atoms with Gasteiger partial charge < -0.3 is 14.2 Å². The molecule has 0 aromatic carbocycles. The first-order valence-corrected chi connectivity index (χ1v) is 27.5. The van der Waals surface area contributed by atoms with Crippen molar-refractivity contribution in [3.05, 3.63) is 36.5 Å². The van der Waals surface area contributed by atoms with Crippen LogP contribution in [-0.2, 0) is 28.6 Å². The Balaban J connectivity index is 4.30. The Morgan fingerprint density at radius 1 is 0.317 bits per heavy atom. The molecule has 0 saturated heterocycles. The van der Waals surface area contributed by atoms with Gasteiger partial charge >= 0.3 is 17.9 Å². The first-order chi connectivity index (χ1) is 31.0. The van der Waals surface area contributed by atoms with Gasteiger partial charge in [-0.3, -0.25) is 14.4 Å². The third-order valence-electron chi connectivity index (χ3n) is 12.1. The lowest BCUT2D eigenvalue weighted by atomic mass is 10.1. The van der Waals surface area contributed by atoms with E-state index in [0.29, 0.717) is 19.3 Å². The standard InChI is InChI=1S/C57H104O6/c1-4-7-10-13-16-19-22-24-26-28-29-30-32-33-35-38-41-44-47-50-56(59)62-53-54(52-61-55(58)49-46-43-40-37-21-18-15-12-9-6-3)63-57(60)51-48-45-42-39-36-34-31-27-25-23-20-17-14-11-8-5-2/h16,19,22,24,27,31,54H,4-15,17-18,20-21,23,25-26,28-30,32-53H2,1-3H3/b19-16-,24-22-,31-27-. The number of carbonyl (C=O) groups is 3. The molecule has 0 rings (SSSR count). The number of allylic oxidation sites excluding steroid dienone is 6. The Kier molecular flexibility index (Phi) is 50.3. The highest BCUT2D eigenvalue weighted by molar-refractivity contribution is 5.71. The van der Waals surface area contributed by atoms with Crippen molar-refractivity contribution in [1.82, 2.24) is 0 Å². The summed E-state index contributed by atoms with van der Waals surface area (Å²) < 4.78 is 16.8. The number of ether oxygens (including phenoxy) is 3. The van der Waals surface area contributed by atoms with Gasteiger partial charge in [0.05, 0.1) is 0 Å². The summed E-state index contributed by atoms with van der Waals surface area (Å²) in [5.74, 6) is -0.874.